The Balaban J connectivity index is 1.98. The summed E-state index contributed by atoms with van der Waals surface area (Å²) < 4.78 is 5.50. The lowest BCUT2D eigenvalue weighted by molar-refractivity contribution is 0.105. The van der Waals surface area contributed by atoms with Crippen LogP contribution in [0, 0.1) is 5.92 Å². The van der Waals surface area contributed by atoms with Gasteiger partial charge in [0.1, 0.15) is 11.9 Å². The number of aromatic nitrogens is 2. The monoisotopic (exact) mass is 251 g/mol. The predicted molar refractivity (Wildman–Crippen MR) is 69.3 cm³/mol. The first-order valence-corrected chi connectivity index (χ1v) is 6.57. The SMILES string of the molecule is CC(C)CNCc1cnc(C2CCCO2)[nH]c1=O. The van der Waals surface area contributed by atoms with Crippen molar-refractivity contribution in [3.63, 3.8) is 0 Å². The predicted octanol–water partition coefficient (Wildman–Crippen LogP) is 1.37. The van der Waals surface area contributed by atoms with E-state index in [-0.39, 0.29) is 11.7 Å². The Morgan fingerprint density at radius 2 is 2.44 bits per heavy atom. The molecule has 0 saturated carbocycles. The van der Waals surface area contributed by atoms with Gasteiger partial charge in [0.15, 0.2) is 0 Å². The van der Waals surface area contributed by atoms with Gasteiger partial charge >= 0.3 is 0 Å². The van der Waals surface area contributed by atoms with Crippen LogP contribution in [-0.4, -0.2) is 23.1 Å². The summed E-state index contributed by atoms with van der Waals surface area (Å²) in [5.41, 5.74) is 0.615. The second kappa shape index (κ2) is 6.11. The molecule has 0 aliphatic carbocycles. The van der Waals surface area contributed by atoms with Crippen molar-refractivity contribution in [3.05, 3.63) is 27.9 Å². The number of H-pyrrole nitrogens is 1. The van der Waals surface area contributed by atoms with Crippen molar-refractivity contribution in [1.29, 1.82) is 0 Å². The highest BCUT2D eigenvalue weighted by Crippen LogP contribution is 2.24. The minimum absolute atomic E-state index is 0.0321. The van der Waals surface area contributed by atoms with Crippen LogP contribution in [0.1, 0.15) is 44.2 Å². The van der Waals surface area contributed by atoms with Crippen LogP contribution in [-0.2, 0) is 11.3 Å². The molecule has 1 saturated heterocycles. The van der Waals surface area contributed by atoms with E-state index in [2.05, 4.69) is 29.1 Å². The summed E-state index contributed by atoms with van der Waals surface area (Å²) in [7, 11) is 0. The topological polar surface area (TPSA) is 67.0 Å². The third kappa shape index (κ3) is 3.40. The summed E-state index contributed by atoms with van der Waals surface area (Å²) in [4.78, 5) is 19.0. The summed E-state index contributed by atoms with van der Waals surface area (Å²) in [6.45, 7) is 6.48. The van der Waals surface area contributed by atoms with Crippen molar-refractivity contribution in [2.24, 2.45) is 5.92 Å². The maximum absolute atomic E-state index is 11.9. The van der Waals surface area contributed by atoms with Crippen LogP contribution in [0.2, 0.25) is 0 Å². The maximum atomic E-state index is 11.9. The minimum Gasteiger partial charge on any atom is -0.370 e. The van der Waals surface area contributed by atoms with E-state index in [0.717, 1.165) is 26.0 Å². The van der Waals surface area contributed by atoms with Gasteiger partial charge in [-0.15, -0.1) is 0 Å². The molecule has 2 heterocycles. The van der Waals surface area contributed by atoms with Crippen LogP contribution < -0.4 is 10.9 Å². The van der Waals surface area contributed by atoms with Crippen molar-refractivity contribution in [2.45, 2.75) is 39.3 Å². The van der Waals surface area contributed by atoms with E-state index in [1.54, 1.807) is 6.20 Å². The Morgan fingerprint density at radius 1 is 1.61 bits per heavy atom. The van der Waals surface area contributed by atoms with Gasteiger partial charge in [-0.2, -0.15) is 0 Å². The molecule has 0 amide bonds. The lowest BCUT2D eigenvalue weighted by atomic mass is 10.2. The largest absolute Gasteiger partial charge is 0.370 e. The summed E-state index contributed by atoms with van der Waals surface area (Å²) in [6, 6.07) is 0. The number of hydrogen-bond acceptors (Lipinski definition) is 4. The highest BCUT2D eigenvalue weighted by Gasteiger charge is 2.20. The molecule has 100 valence electrons. The van der Waals surface area contributed by atoms with Gasteiger partial charge in [0.25, 0.3) is 5.56 Å². The zero-order valence-electron chi connectivity index (χ0n) is 11.0. The molecular weight excluding hydrogens is 230 g/mol. The number of rotatable bonds is 5. The van der Waals surface area contributed by atoms with Crippen LogP contribution in [0.3, 0.4) is 0 Å². The molecule has 0 bridgehead atoms. The Morgan fingerprint density at radius 3 is 3.06 bits per heavy atom. The Labute approximate surface area is 107 Å². The number of ether oxygens (including phenoxy) is 1. The molecular formula is C13H21N3O2. The molecule has 18 heavy (non-hydrogen) atoms. The van der Waals surface area contributed by atoms with Crippen molar-refractivity contribution in [3.8, 4) is 0 Å². The lowest BCUT2D eigenvalue weighted by Gasteiger charge is -2.10. The number of hydrogen-bond donors (Lipinski definition) is 2. The molecule has 0 aromatic carbocycles. The van der Waals surface area contributed by atoms with Gasteiger partial charge in [-0.05, 0) is 25.3 Å². The van der Waals surface area contributed by atoms with Crippen LogP contribution in [0.4, 0.5) is 0 Å². The molecule has 1 aromatic heterocycles. The van der Waals surface area contributed by atoms with E-state index in [1.807, 2.05) is 0 Å². The quantitative estimate of drug-likeness (QED) is 0.829. The van der Waals surface area contributed by atoms with Gasteiger partial charge < -0.3 is 15.0 Å². The van der Waals surface area contributed by atoms with E-state index in [9.17, 15) is 4.79 Å². The normalized spacial score (nSPS) is 19.6. The fourth-order valence-corrected chi connectivity index (χ4v) is 2.01. The van der Waals surface area contributed by atoms with Gasteiger partial charge in [-0.25, -0.2) is 4.98 Å². The molecule has 1 atom stereocenters. The van der Waals surface area contributed by atoms with E-state index < -0.39 is 0 Å². The second-order valence-electron chi connectivity index (χ2n) is 5.15. The van der Waals surface area contributed by atoms with Crippen LogP contribution >= 0.6 is 0 Å². The van der Waals surface area contributed by atoms with Gasteiger partial charge in [0, 0.05) is 24.9 Å². The zero-order valence-corrected chi connectivity index (χ0v) is 11.0. The maximum Gasteiger partial charge on any atom is 0.255 e. The molecule has 1 aliphatic heterocycles. The smallest absolute Gasteiger partial charge is 0.255 e. The fourth-order valence-electron chi connectivity index (χ4n) is 2.01. The van der Waals surface area contributed by atoms with E-state index in [0.29, 0.717) is 23.9 Å². The summed E-state index contributed by atoms with van der Waals surface area (Å²) in [5, 5.41) is 3.24. The van der Waals surface area contributed by atoms with Crippen molar-refractivity contribution in [2.75, 3.05) is 13.2 Å². The molecule has 0 spiro atoms. The molecule has 1 aliphatic rings. The van der Waals surface area contributed by atoms with Crippen LogP contribution in [0.15, 0.2) is 11.0 Å². The average Bonchev–Trinajstić information content (AvgIpc) is 2.84. The molecule has 2 N–H and O–H groups in total. The summed E-state index contributed by atoms with van der Waals surface area (Å²) >= 11 is 0. The number of aromatic amines is 1. The highest BCUT2D eigenvalue weighted by atomic mass is 16.5. The third-order valence-corrected chi connectivity index (χ3v) is 3.00. The Hall–Kier alpha value is -1.20. The average molecular weight is 251 g/mol. The van der Waals surface area contributed by atoms with Crippen molar-refractivity contribution in [1.82, 2.24) is 15.3 Å². The van der Waals surface area contributed by atoms with Crippen molar-refractivity contribution < 1.29 is 4.74 Å². The van der Waals surface area contributed by atoms with Crippen LogP contribution in [0.25, 0.3) is 0 Å². The number of nitrogens with zero attached hydrogens (tertiary/aromatic N) is 1. The molecule has 1 aromatic rings. The minimum atomic E-state index is -0.0632. The third-order valence-electron chi connectivity index (χ3n) is 3.00. The van der Waals surface area contributed by atoms with E-state index in [4.69, 9.17) is 4.74 Å². The number of nitrogens with one attached hydrogen (secondary N) is 2. The molecule has 2 rings (SSSR count). The second-order valence-corrected chi connectivity index (χ2v) is 5.15. The highest BCUT2D eigenvalue weighted by molar-refractivity contribution is 5.07. The molecule has 5 heteroatoms. The van der Waals surface area contributed by atoms with Gasteiger partial charge in [0.2, 0.25) is 0 Å². The van der Waals surface area contributed by atoms with E-state index in [1.165, 1.54) is 0 Å². The summed E-state index contributed by atoms with van der Waals surface area (Å²) in [6.07, 6.45) is 3.60. The first-order valence-electron chi connectivity index (χ1n) is 6.57. The standard InChI is InChI=1S/C13H21N3O2/c1-9(2)6-14-7-10-8-15-12(16-13(10)17)11-4-3-5-18-11/h8-9,11,14H,3-7H2,1-2H3,(H,15,16,17). The van der Waals surface area contributed by atoms with E-state index >= 15 is 0 Å². The Bertz CT molecular complexity index is 436. The van der Waals surface area contributed by atoms with Gasteiger partial charge in [0.05, 0.1) is 0 Å². The van der Waals surface area contributed by atoms with Crippen LogP contribution in [0.5, 0.6) is 0 Å². The van der Waals surface area contributed by atoms with Gasteiger partial charge in [-0.1, -0.05) is 13.8 Å². The first kappa shape index (κ1) is 13.2. The first-order chi connectivity index (χ1) is 8.66. The molecule has 1 fully saturated rings. The summed E-state index contributed by atoms with van der Waals surface area (Å²) in [5.74, 6) is 1.23. The molecule has 5 nitrogen and oxygen atoms in total. The van der Waals surface area contributed by atoms with Crippen molar-refractivity contribution >= 4 is 0 Å². The molecule has 0 radical (unpaired) electrons. The zero-order chi connectivity index (χ0) is 13.0. The fraction of sp³-hybridized carbons (Fsp3) is 0.692. The molecule has 1 unspecified atom stereocenters. The Kier molecular flexibility index (Phi) is 4.49. The van der Waals surface area contributed by atoms with Gasteiger partial charge in [-0.3, -0.25) is 4.79 Å². The lowest BCUT2D eigenvalue weighted by Crippen LogP contribution is -2.25.